The van der Waals surface area contributed by atoms with Crippen LogP contribution < -0.4 is 4.90 Å². The lowest BCUT2D eigenvalue weighted by molar-refractivity contribution is -0.135. The van der Waals surface area contributed by atoms with Crippen molar-refractivity contribution in [2.24, 2.45) is 5.92 Å². The van der Waals surface area contributed by atoms with Crippen molar-refractivity contribution >= 4 is 17.4 Å². The van der Waals surface area contributed by atoms with Crippen LogP contribution in [0.2, 0.25) is 0 Å². The fourth-order valence-electron chi connectivity index (χ4n) is 4.08. The molecule has 4 heteroatoms. The summed E-state index contributed by atoms with van der Waals surface area (Å²) in [7, 11) is 0. The summed E-state index contributed by atoms with van der Waals surface area (Å²) in [4.78, 5) is 29.6. The van der Waals surface area contributed by atoms with Gasteiger partial charge in [-0.25, -0.2) is 0 Å². The van der Waals surface area contributed by atoms with Crippen LogP contribution in [0.3, 0.4) is 0 Å². The predicted molar refractivity (Wildman–Crippen MR) is 103 cm³/mol. The van der Waals surface area contributed by atoms with E-state index in [1.54, 1.807) is 0 Å². The Kier molecular flexibility index (Phi) is 4.49. The molecule has 0 spiro atoms. The minimum absolute atomic E-state index is 0.101. The Balaban J connectivity index is 1.41. The van der Waals surface area contributed by atoms with Crippen molar-refractivity contribution in [3.8, 4) is 0 Å². The molecule has 0 bridgehead atoms. The van der Waals surface area contributed by atoms with Gasteiger partial charge in [-0.05, 0) is 36.6 Å². The lowest BCUT2D eigenvalue weighted by Crippen LogP contribution is -2.51. The average Bonchev–Trinajstić information content (AvgIpc) is 2.67. The van der Waals surface area contributed by atoms with Gasteiger partial charge in [-0.15, -0.1) is 0 Å². The van der Waals surface area contributed by atoms with Gasteiger partial charge in [-0.1, -0.05) is 36.4 Å². The van der Waals surface area contributed by atoms with Gasteiger partial charge >= 0.3 is 0 Å². The maximum Gasteiger partial charge on any atom is 0.226 e. The third-order valence-corrected chi connectivity index (χ3v) is 5.52. The molecule has 1 aliphatic heterocycles. The summed E-state index contributed by atoms with van der Waals surface area (Å²) in [5.74, 6) is 0.0308. The number of aryl methyl sites for hydroxylation is 1. The van der Waals surface area contributed by atoms with Crippen LogP contribution in [0.5, 0.6) is 0 Å². The van der Waals surface area contributed by atoms with Crippen LogP contribution in [-0.2, 0) is 11.2 Å². The molecule has 2 aromatic carbocycles. The summed E-state index contributed by atoms with van der Waals surface area (Å²) in [6, 6.07) is 16.2. The first-order chi connectivity index (χ1) is 12.6. The zero-order valence-electron chi connectivity index (χ0n) is 15.1. The fraction of sp³-hybridized carbons (Fsp3) is 0.364. The van der Waals surface area contributed by atoms with Crippen LogP contribution in [0.1, 0.15) is 27.9 Å². The largest absolute Gasteiger partial charge is 0.368 e. The van der Waals surface area contributed by atoms with E-state index in [1.165, 1.54) is 11.3 Å². The van der Waals surface area contributed by atoms with E-state index in [-0.39, 0.29) is 17.6 Å². The van der Waals surface area contributed by atoms with Gasteiger partial charge in [0, 0.05) is 49.8 Å². The molecular weight excluding hydrogens is 324 g/mol. The number of hydrogen-bond donors (Lipinski definition) is 0. The number of nitrogens with zero attached hydrogens (tertiary/aromatic N) is 2. The molecule has 2 aromatic rings. The van der Waals surface area contributed by atoms with Gasteiger partial charge in [0.25, 0.3) is 0 Å². The Morgan fingerprint density at radius 3 is 2.50 bits per heavy atom. The predicted octanol–water partition coefficient (Wildman–Crippen LogP) is 3.09. The highest BCUT2D eigenvalue weighted by Crippen LogP contribution is 2.27. The Bertz CT molecular complexity index is 838. The first kappa shape index (κ1) is 16.8. The maximum absolute atomic E-state index is 13.0. The summed E-state index contributed by atoms with van der Waals surface area (Å²) in [6.45, 7) is 5.22. The van der Waals surface area contributed by atoms with Crippen molar-refractivity contribution < 1.29 is 9.59 Å². The minimum atomic E-state index is -0.206. The first-order valence-electron chi connectivity index (χ1n) is 9.33. The van der Waals surface area contributed by atoms with Crippen molar-refractivity contribution in [1.82, 2.24) is 4.90 Å². The summed E-state index contributed by atoms with van der Waals surface area (Å²) in [6.07, 6.45) is 1.02. The molecule has 1 aliphatic carbocycles. The molecule has 4 nitrogen and oxygen atoms in total. The van der Waals surface area contributed by atoms with Gasteiger partial charge in [0.2, 0.25) is 5.91 Å². The zero-order valence-corrected chi connectivity index (χ0v) is 15.1. The summed E-state index contributed by atoms with van der Waals surface area (Å²) < 4.78 is 0. The normalized spacial score (nSPS) is 20.0. The van der Waals surface area contributed by atoms with E-state index in [9.17, 15) is 9.59 Å². The van der Waals surface area contributed by atoms with Crippen LogP contribution >= 0.6 is 0 Å². The van der Waals surface area contributed by atoms with Crippen molar-refractivity contribution in [2.75, 3.05) is 31.1 Å². The van der Waals surface area contributed by atoms with Gasteiger partial charge in [0.1, 0.15) is 0 Å². The zero-order chi connectivity index (χ0) is 18.1. The summed E-state index contributed by atoms with van der Waals surface area (Å²) in [5, 5.41) is 0. The monoisotopic (exact) mass is 348 g/mol. The quantitative estimate of drug-likeness (QED) is 0.837. The number of fused-ring (bicyclic) bond motifs is 1. The number of Topliss-reactive ketones (excluding diaryl/α,β-unsaturated/α-hetero) is 1. The number of rotatable bonds is 2. The second-order valence-corrected chi connectivity index (χ2v) is 7.34. The van der Waals surface area contributed by atoms with Crippen LogP contribution in [-0.4, -0.2) is 42.8 Å². The number of anilines is 1. The van der Waals surface area contributed by atoms with Gasteiger partial charge in [-0.3, -0.25) is 9.59 Å². The highest BCUT2D eigenvalue weighted by molar-refractivity contribution is 6.01. The van der Waals surface area contributed by atoms with Crippen molar-refractivity contribution in [1.29, 1.82) is 0 Å². The molecule has 1 saturated heterocycles. The highest BCUT2D eigenvalue weighted by atomic mass is 16.2. The molecule has 1 amide bonds. The van der Waals surface area contributed by atoms with Gasteiger partial charge in [0.15, 0.2) is 5.78 Å². The fourth-order valence-corrected chi connectivity index (χ4v) is 4.08. The van der Waals surface area contributed by atoms with E-state index in [0.717, 1.165) is 37.3 Å². The highest BCUT2D eigenvalue weighted by Gasteiger charge is 2.33. The number of piperazine rings is 1. The molecule has 0 saturated carbocycles. The lowest BCUT2D eigenvalue weighted by atomic mass is 9.82. The smallest absolute Gasteiger partial charge is 0.226 e. The molecule has 0 aromatic heterocycles. The molecule has 1 unspecified atom stereocenters. The minimum Gasteiger partial charge on any atom is -0.368 e. The Hall–Kier alpha value is -2.62. The third kappa shape index (κ3) is 3.24. The SMILES string of the molecule is Cc1cccc(N2CCN(C(=O)C3CC(=O)c4ccccc4C3)CC2)c1. The molecule has 26 heavy (non-hydrogen) atoms. The molecule has 4 rings (SSSR count). The number of ketones is 1. The molecule has 1 fully saturated rings. The van der Waals surface area contributed by atoms with E-state index < -0.39 is 0 Å². The van der Waals surface area contributed by atoms with Gasteiger partial charge < -0.3 is 9.80 Å². The molecule has 0 N–H and O–H groups in total. The number of hydrogen-bond acceptors (Lipinski definition) is 3. The first-order valence-corrected chi connectivity index (χ1v) is 9.33. The van der Waals surface area contributed by atoms with Gasteiger partial charge in [-0.2, -0.15) is 0 Å². The Morgan fingerprint density at radius 1 is 0.962 bits per heavy atom. The topological polar surface area (TPSA) is 40.6 Å². The molecule has 2 aliphatic rings. The molecule has 0 radical (unpaired) electrons. The van der Waals surface area contributed by atoms with E-state index in [4.69, 9.17) is 0 Å². The number of carbonyl (C=O) groups excluding carboxylic acids is 2. The van der Waals surface area contributed by atoms with Crippen molar-refractivity contribution in [3.05, 3.63) is 65.2 Å². The Morgan fingerprint density at radius 2 is 1.73 bits per heavy atom. The van der Waals surface area contributed by atoms with E-state index in [0.29, 0.717) is 12.8 Å². The van der Waals surface area contributed by atoms with Crippen molar-refractivity contribution in [2.45, 2.75) is 19.8 Å². The maximum atomic E-state index is 13.0. The molecular formula is C22H24N2O2. The summed E-state index contributed by atoms with van der Waals surface area (Å²) >= 11 is 0. The number of benzene rings is 2. The van der Waals surface area contributed by atoms with Gasteiger partial charge in [0.05, 0.1) is 0 Å². The summed E-state index contributed by atoms with van der Waals surface area (Å²) in [5.41, 5.74) is 4.28. The molecule has 1 heterocycles. The second-order valence-electron chi connectivity index (χ2n) is 7.34. The van der Waals surface area contributed by atoms with Crippen LogP contribution in [0.4, 0.5) is 5.69 Å². The van der Waals surface area contributed by atoms with Crippen LogP contribution in [0.25, 0.3) is 0 Å². The van der Waals surface area contributed by atoms with E-state index in [1.807, 2.05) is 29.2 Å². The molecule has 1 atom stereocenters. The Labute approximate surface area is 154 Å². The third-order valence-electron chi connectivity index (χ3n) is 5.52. The number of carbonyl (C=O) groups is 2. The van der Waals surface area contributed by atoms with Crippen LogP contribution in [0.15, 0.2) is 48.5 Å². The second kappa shape index (κ2) is 6.94. The van der Waals surface area contributed by atoms with E-state index in [2.05, 4.69) is 36.1 Å². The number of amides is 1. The average molecular weight is 348 g/mol. The van der Waals surface area contributed by atoms with Crippen LogP contribution in [0, 0.1) is 12.8 Å². The van der Waals surface area contributed by atoms with E-state index >= 15 is 0 Å². The lowest BCUT2D eigenvalue weighted by Gasteiger charge is -2.38. The standard InChI is InChI=1S/C22H24N2O2/c1-16-5-4-7-19(13-16)23-9-11-24(12-10-23)22(26)18-14-17-6-2-3-8-20(17)21(25)15-18/h2-8,13,18H,9-12,14-15H2,1H3. The van der Waals surface area contributed by atoms with Crippen molar-refractivity contribution in [3.63, 3.8) is 0 Å². The molecule has 134 valence electrons.